The zero-order valence-electron chi connectivity index (χ0n) is 14.3. The van der Waals surface area contributed by atoms with Crippen LogP contribution in [0.4, 0.5) is 0 Å². The Morgan fingerprint density at radius 3 is 2.00 bits per heavy atom. The molecule has 130 valence electrons. The van der Waals surface area contributed by atoms with Gasteiger partial charge >= 0.3 is 5.97 Å². The van der Waals surface area contributed by atoms with Crippen LogP contribution in [0.1, 0.15) is 10.4 Å². The van der Waals surface area contributed by atoms with Gasteiger partial charge in [-0.25, -0.2) is 4.79 Å². The Morgan fingerprint density at radius 1 is 0.667 bits per heavy atom. The van der Waals surface area contributed by atoms with Crippen LogP contribution in [0.25, 0.3) is 33.8 Å². The molecule has 27 heavy (non-hydrogen) atoms. The third kappa shape index (κ3) is 3.30. The van der Waals surface area contributed by atoms with Crippen LogP contribution in [0.3, 0.4) is 0 Å². The molecule has 0 spiro atoms. The summed E-state index contributed by atoms with van der Waals surface area (Å²) >= 11 is 0. The summed E-state index contributed by atoms with van der Waals surface area (Å²) < 4.78 is 0. The molecule has 1 aromatic carbocycles. The lowest BCUT2D eigenvalue weighted by Crippen LogP contribution is -1.97. The Hall–Kier alpha value is -3.86. The first-order valence-corrected chi connectivity index (χ1v) is 8.39. The van der Waals surface area contributed by atoms with E-state index < -0.39 is 5.97 Å². The van der Waals surface area contributed by atoms with Crippen molar-refractivity contribution in [1.82, 2.24) is 15.0 Å². The van der Waals surface area contributed by atoms with Crippen LogP contribution in [0.15, 0.2) is 85.3 Å². The molecule has 3 heterocycles. The van der Waals surface area contributed by atoms with Gasteiger partial charge in [-0.3, -0.25) is 15.0 Å². The van der Waals surface area contributed by atoms with Crippen molar-refractivity contribution in [3.05, 3.63) is 90.9 Å². The summed E-state index contributed by atoms with van der Waals surface area (Å²) in [7, 11) is 0. The summed E-state index contributed by atoms with van der Waals surface area (Å²) in [5, 5.41) is 9.11. The van der Waals surface area contributed by atoms with E-state index in [4.69, 9.17) is 5.11 Å². The fourth-order valence-corrected chi connectivity index (χ4v) is 2.95. The van der Waals surface area contributed by atoms with E-state index >= 15 is 0 Å². The standard InChI is InChI=1S/C22H15N3O2/c26-22(27)16-10-8-15(9-11-16)17-5-3-13-24-20(17)18-6-4-14-25-21(18)19-7-1-2-12-23-19/h1-14H,(H,26,27). The Morgan fingerprint density at radius 2 is 1.33 bits per heavy atom. The summed E-state index contributed by atoms with van der Waals surface area (Å²) in [6, 6.07) is 20.1. The van der Waals surface area contributed by atoms with Crippen LogP contribution in [-0.4, -0.2) is 26.0 Å². The zero-order valence-corrected chi connectivity index (χ0v) is 14.3. The monoisotopic (exact) mass is 353 g/mol. The maximum absolute atomic E-state index is 11.1. The van der Waals surface area contributed by atoms with Crippen molar-refractivity contribution in [2.24, 2.45) is 0 Å². The molecular formula is C22H15N3O2. The first-order valence-electron chi connectivity index (χ1n) is 8.39. The number of carbonyl (C=O) groups is 1. The number of carboxylic acids is 1. The molecule has 5 heteroatoms. The van der Waals surface area contributed by atoms with E-state index in [1.165, 1.54) is 0 Å². The molecule has 0 unspecified atom stereocenters. The predicted molar refractivity (Wildman–Crippen MR) is 103 cm³/mol. The van der Waals surface area contributed by atoms with Gasteiger partial charge in [0.05, 0.1) is 22.6 Å². The molecule has 5 nitrogen and oxygen atoms in total. The van der Waals surface area contributed by atoms with Crippen LogP contribution >= 0.6 is 0 Å². The van der Waals surface area contributed by atoms with Crippen LogP contribution in [0, 0.1) is 0 Å². The third-order valence-electron chi connectivity index (χ3n) is 4.22. The van der Waals surface area contributed by atoms with Crippen molar-refractivity contribution < 1.29 is 9.90 Å². The molecule has 1 N–H and O–H groups in total. The Bertz CT molecular complexity index is 1090. The quantitative estimate of drug-likeness (QED) is 0.581. The number of benzene rings is 1. The van der Waals surface area contributed by atoms with Crippen molar-refractivity contribution >= 4 is 5.97 Å². The lowest BCUT2D eigenvalue weighted by Gasteiger charge is -2.12. The lowest BCUT2D eigenvalue weighted by atomic mass is 9.97. The first-order chi connectivity index (χ1) is 13.2. The number of aromatic carboxylic acids is 1. The molecule has 0 aliphatic carbocycles. The lowest BCUT2D eigenvalue weighted by molar-refractivity contribution is 0.0697. The highest BCUT2D eigenvalue weighted by Crippen LogP contribution is 2.34. The number of carboxylic acid groups (broad SMARTS) is 1. The van der Waals surface area contributed by atoms with E-state index in [-0.39, 0.29) is 5.56 Å². The maximum atomic E-state index is 11.1. The van der Waals surface area contributed by atoms with Gasteiger partial charge in [-0.1, -0.05) is 24.3 Å². The molecule has 0 atom stereocenters. The van der Waals surface area contributed by atoms with Crippen LogP contribution in [-0.2, 0) is 0 Å². The minimum absolute atomic E-state index is 0.250. The van der Waals surface area contributed by atoms with Gasteiger partial charge in [0, 0.05) is 29.7 Å². The smallest absolute Gasteiger partial charge is 0.335 e. The predicted octanol–water partition coefficient (Wildman–Crippen LogP) is 4.57. The summed E-state index contributed by atoms with van der Waals surface area (Å²) in [5.41, 5.74) is 5.20. The number of hydrogen-bond acceptors (Lipinski definition) is 4. The molecule has 4 aromatic rings. The molecule has 0 fully saturated rings. The van der Waals surface area contributed by atoms with Crippen molar-refractivity contribution in [1.29, 1.82) is 0 Å². The van der Waals surface area contributed by atoms with Crippen LogP contribution in [0.5, 0.6) is 0 Å². The van der Waals surface area contributed by atoms with E-state index in [1.807, 2.05) is 42.5 Å². The van der Waals surface area contributed by atoms with E-state index in [1.54, 1.807) is 42.9 Å². The molecule has 0 aliphatic rings. The second kappa shape index (κ2) is 7.17. The fourth-order valence-electron chi connectivity index (χ4n) is 2.95. The number of hydrogen-bond donors (Lipinski definition) is 1. The van der Waals surface area contributed by atoms with Crippen molar-refractivity contribution in [2.75, 3.05) is 0 Å². The number of aromatic nitrogens is 3. The third-order valence-corrected chi connectivity index (χ3v) is 4.22. The summed E-state index contributed by atoms with van der Waals surface area (Å²) in [4.78, 5) is 24.6. The highest BCUT2D eigenvalue weighted by atomic mass is 16.4. The van der Waals surface area contributed by atoms with Crippen molar-refractivity contribution in [3.63, 3.8) is 0 Å². The zero-order chi connectivity index (χ0) is 18.6. The molecule has 0 radical (unpaired) electrons. The fraction of sp³-hybridized carbons (Fsp3) is 0. The van der Waals surface area contributed by atoms with E-state index in [0.717, 1.165) is 33.8 Å². The summed E-state index contributed by atoms with van der Waals surface area (Å²) in [6.07, 6.45) is 5.20. The molecule has 3 aromatic heterocycles. The van der Waals surface area contributed by atoms with Gasteiger partial charge in [0.2, 0.25) is 0 Å². The van der Waals surface area contributed by atoms with Crippen LogP contribution < -0.4 is 0 Å². The number of nitrogens with zero attached hydrogens (tertiary/aromatic N) is 3. The number of rotatable bonds is 4. The normalized spacial score (nSPS) is 10.5. The van der Waals surface area contributed by atoms with Gasteiger partial charge in [0.25, 0.3) is 0 Å². The Kier molecular flexibility index (Phi) is 4.41. The van der Waals surface area contributed by atoms with E-state index in [0.29, 0.717) is 0 Å². The average Bonchev–Trinajstić information content (AvgIpc) is 2.74. The molecule has 0 saturated heterocycles. The second-order valence-electron chi connectivity index (χ2n) is 5.90. The summed E-state index contributed by atoms with van der Waals surface area (Å²) in [6.45, 7) is 0. The highest BCUT2D eigenvalue weighted by molar-refractivity contribution is 5.90. The largest absolute Gasteiger partial charge is 0.478 e. The van der Waals surface area contributed by atoms with Gasteiger partial charge < -0.3 is 5.11 Å². The number of pyridine rings is 3. The Balaban J connectivity index is 1.87. The minimum atomic E-state index is -0.947. The Labute approximate surface area is 156 Å². The molecule has 4 rings (SSSR count). The average molecular weight is 353 g/mol. The van der Waals surface area contributed by atoms with Gasteiger partial charge in [-0.2, -0.15) is 0 Å². The molecule has 0 bridgehead atoms. The first kappa shape index (κ1) is 16.6. The van der Waals surface area contributed by atoms with Gasteiger partial charge in [-0.15, -0.1) is 0 Å². The molecule has 0 amide bonds. The summed E-state index contributed by atoms with van der Waals surface area (Å²) in [5.74, 6) is -0.947. The maximum Gasteiger partial charge on any atom is 0.335 e. The van der Waals surface area contributed by atoms with Crippen LogP contribution in [0.2, 0.25) is 0 Å². The van der Waals surface area contributed by atoms with Crippen molar-refractivity contribution in [2.45, 2.75) is 0 Å². The van der Waals surface area contributed by atoms with Gasteiger partial charge in [0.15, 0.2) is 0 Å². The van der Waals surface area contributed by atoms with E-state index in [2.05, 4.69) is 15.0 Å². The van der Waals surface area contributed by atoms with Crippen molar-refractivity contribution in [3.8, 4) is 33.8 Å². The highest BCUT2D eigenvalue weighted by Gasteiger charge is 2.15. The minimum Gasteiger partial charge on any atom is -0.478 e. The van der Waals surface area contributed by atoms with Gasteiger partial charge in [-0.05, 0) is 48.0 Å². The topological polar surface area (TPSA) is 76.0 Å². The molecular weight excluding hydrogens is 338 g/mol. The molecule has 0 aliphatic heterocycles. The second-order valence-corrected chi connectivity index (χ2v) is 5.90. The molecule has 0 saturated carbocycles. The van der Waals surface area contributed by atoms with Gasteiger partial charge in [0.1, 0.15) is 0 Å². The van der Waals surface area contributed by atoms with E-state index in [9.17, 15) is 4.79 Å². The SMILES string of the molecule is O=C(O)c1ccc(-c2cccnc2-c2cccnc2-c2ccccn2)cc1.